The average Bonchev–Trinajstić information content (AvgIpc) is 2.93. The molecule has 0 N–H and O–H groups in total. The first-order valence-electron chi connectivity index (χ1n) is 8.73. The molecule has 0 bridgehead atoms. The predicted octanol–water partition coefficient (Wildman–Crippen LogP) is 2.20. The van der Waals surface area contributed by atoms with Crippen LogP contribution in [0.25, 0.3) is 0 Å². The third kappa shape index (κ3) is 4.68. The molecular formula is C21H24N2O5. The van der Waals surface area contributed by atoms with Crippen molar-refractivity contribution in [3.8, 4) is 0 Å². The Kier molecular flexibility index (Phi) is 7.14. The number of rotatable bonds is 6. The number of esters is 2. The molecule has 0 saturated heterocycles. The van der Waals surface area contributed by atoms with E-state index in [9.17, 15) is 14.4 Å². The van der Waals surface area contributed by atoms with E-state index >= 15 is 0 Å². The van der Waals surface area contributed by atoms with Crippen LogP contribution in [0.3, 0.4) is 0 Å². The number of carbonyl (C=O) groups is 3. The van der Waals surface area contributed by atoms with Gasteiger partial charge in [-0.15, -0.1) is 0 Å². The van der Waals surface area contributed by atoms with Crippen molar-refractivity contribution in [3.05, 3.63) is 65.5 Å². The molecule has 0 unspecified atom stereocenters. The minimum absolute atomic E-state index is 0.00172. The molecule has 7 nitrogen and oxygen atoms in total. The average molecular weight is 384 g/mol. The van der Waals surface area contributed by atoms with Crippen LogP contribution in [0.5, 0.6) is 0 Å². The maximum absolute atomic E-state index is 12.5. The third-order valence-electron chi connectivity index (χ3n) is 4.25. The summed E-state index contributed by atoms with van der Waals surface area (Å²) in [5, 5.41) is 0. The molecule has 1 aliphatic heterocycles. The van der Waals surface area contributed by atoms with E-state index in [2.05, 4.69) is 0 Å². The van der Waals surface area contributed by atoms with Crippen molar-refractivity contribution in [2.24, 2.45) is 0 Å². The molecule has 1 aliphatic rings. The lowest BCUT2D eigenvalue weighted by Crippen LogP contribution is -2.28. The second-order valence-corrected chi connectivity index (χ2v) is 6.23. The van der Waals surface area contributed by atoms with Gasteiger partial charge in [-0.25, -0.2) is 9.59 Å². The number of ether oxygens (including phenoxy) is 2. The van der Waals surface area contributed by atoms with Gasteiger partial charge in [0.05, 0.1) is 19.8 Å². The van der Waals surface area contributed by atoms with Crippen molar-refractivity contribution in [2.75, 3.05) is 33.2 Å². The van der Waals surface area contributed by atoms with Crippen molar-refractivity contribution in [3.63, 3.8) is 0 Å². The summed E-state index contributed by atoms with van der Waals surface area (Å²) >= 11 is 0. The Labute approximate surface area is 164 Å². The zero-order valence-corrected chi connectivity index (χ0v) is 16.5. The Hall–Kier alpha value is -3.35. The highest BCUT2D eigenvalue weighted by atomic mass is 16.5. The first kappa shape index (κ1) is 21.0. The van der Waals surface area contributed by atoms with E-state index in [4.69, 9.17) is 9.47 Å². The summed E-state index contributed by atoms with van der Waals surface area (Å²) in [6, 6.07) is 7.40. The first-order valence-corrected chi connectivity index (χ1v) is 8.73. The van der Waals surface area contributed by atoms with Crippen LogP contribution in [-0.4, -0.2) is 51.1 Å². The minimum atomic E-state index is -0.671. The Bertz CT molecular complexity index is 852. The van der Waals surface area contributed by atoms with Crippen LogP contribution in [0.1, 0.15) is 12.0 Å². The summed E-state index contributed by atoms with van der Waals surface area (Å²) in [6.07, 6.45) is 7.33. The number of hydrogen-bond acceptors (Lipinski definition) is 6. The van der Waals surface area contributed by atoms with Crippen LogP contribution in [-0.2, 0) is 30.3 Å². The molecule has 0 radical (unpaired) electrons. The molecule has 1 aromatic rings. The van der Waals surface area contributed by atoms with E-state index in [1.54, 1.807) is 37.3 Å². The second-order valence-electron chi connectivity index (χ2n) is 6.23. The number of hydrogen-bond donors (Lipinski definition) is 0. The predicted molar refractivity (Wildman–Crippen MR) is 105 cm³/mol. The largest absolute Gasteiger partial charge is 0.465 e. The van der Waals surface area contributed by atoms with E-state index in [0.717, 1.165) is 5.56 Å². The SMILES string of the molecule is COC(=O)C1=C(C(=O)OC)N(c2ccccc2CCC(=O)N(C)C)C=CC=C1. The van der Waals surface area contributed by atoms with Crippen LogP contribution in [0.15, 0.2) is 60.0 Å². The van der Waals surface area contributed by atoms with Crippen molar-refractivity contribution in [1.82, 2.24) is 4.90 Å². The molecule has 28 heavy (non-hydrogen) atoms. The molecule has 7 heteroatoms. The van der Waals surface area contributed by atoms with Crippen LogP contribution in [0.2, 0.25) is 0 Å². The van der Waals surface area contributed by atoms with Gasteiger partial charge < -0.3 is 19.3 Å². The topological polar surface area (TPSA) is 76.2 Å². The van der Waals surface area contributed by atoms with Gasteiger partial charge in [-0.05, 0) is 30.2 Å². The molecule has 148 valence electrons. The van der Waals surface area contributed by atoms with Gasteiger partial charge in [0.25, 0.3) is 0 Å². The summed E-state index contributed by atoms with van der Waals surface area (Å²) in [7, 11) is 5.92. The summed E-state index contributed by atoms with van der Waals surface area (Å²) in [4.78, 5) is 39.9. The molecule has 0 saturated carbocycles. The Morgan fingerprint density at radius 3 is 2.32 bits per heavy atom. The zero-order chi connectivity index (χ0) is 20.7. The highest BCUT2D eigenvalue weighted by Gasteiger charge is 2.28. The summed E-state index contributed by atoms with van der Waals surface area (Å²) in [5.41, 5.74) is 1.66. The number of nitrogens with zero attached hydrogens (tertiary/aromatic N) is 2. The maximum atomic E-state index is 12.5. The van der Waals surface area contributed by atoms with Gasteiger partial charge in [-0.1, -0.05) is 24.3 Å². The standard InChI is InChI=1S/C21H24N2O5/c1-22(2)18(24)13-12-15-9-5-6-11-17(15)23-14-8-7-10-16(20(25)27-3)19(23)21(26)28-4/h5-11,14H,12-13H2,1-4H3. The summed E-state index contributed by atoms with van der Waals surface area (Å²) in [5.74, 6) is -1.32. The fourth-order valence-electron chi connectivity index (χ4n) is 2.77. The molecule has 1 heterocycles. The maximum Gasteiger partial charge on any atom is 0.355 e. The van der Waals surface area contributed by atoms with Crippen molar-refractivity contribution < 1.29 is 23.9 Å². The minimum Gasteiger partial charge on any atom is -0.465 e. The van der Waals surface area contributed by atoms with Gasteiger partial charge in [0.15, 0.2) is 0 Å². The van der Waals surface area contributed by atoms with E-state index in [1.807, 2.05) is 24.3 Å². The lowest BCUT2D eigenvalue weighted by Gasteiger charge is -2.25. The van der Waals surface area contributed by atoms with E-state index in [-0.39, 0.29) is 17.2 Å². The normalized spacial score (nSPS) is 13.2. The van der Waals surface area contributed by atoms with Crippen molar-refractivity contribution >= 4 is 23.5 Å². The van der Waals surface area contributed by atoms with Gasteiger partial charge in [0.1, 0.15) is 5.70 Å². The van der Waals surface area contributed by atoms with E-state index in [1.165, 1.54) is 25.2 Å². The molecule has 0 aromatic heterocycles. The number of para-hydroxylation sites is 1. The highest BCUT2D eigenvalue weighted by molar-refractivity contribution is 6.05. The molecule has 1 amide bonds. The van der Waals surface area contributed by atoms with Crippen molar-refractivity contribution in [1.29, 1.82) is 0 Å². The third-order valence-corrected chi connectivity index (χ3v) is 4.25. The number of anilines is 1. The Morgan fingerprint density at radius 1 is 1.00 bits per heavy atom. The fourth-order valence-corrected chi connectivity index (χ4v) is 2.77. The monoisotopic (exact) mass is 384 g/mol. The van der Waals surface area contributed by atoms with Crippen LogP contribution < -0.4 is 4.90 Å². The number of amides is 1. The molecule has 0 aliphatic carbocycles. The van der Waals surface area contributed by atoms with Gasteiger partial charge >= 0.3 is 11.9 Å². The summed E-state index contributed by atoms with van der Waals surface area (Å²) < 4.78 is 9.75. The quantitative estimate of drug-likeness (QED) is 0.700. The zero-order valence-electron chi connectivity index (χ0n) is 16.5. The lowest BCUT2D eigenvalue weighted by atomic mass is 10.0. The van der Waals surface area contributed by atoms with Crippen LogP contribution in [0, 0.1) is 0 Å². The van der Waals surface area contributed by atoms with Gasteiger partial charge in [0.2, 0.25) is 5.91 Å². The van der Waals surface area contributed by atoms with Gasteiger partial charge in [-0.2, -0.15) is 0 Å². The van der Waals surface area contributed by atoms with Crippen LogP contribution in [0.4, 0.5) is 5.69 Å². The van der Waals surface area contributed by atoms with Crippen LogP contribution >= 0.6 is 0 Å². The number of allylic oxidation sites excluding steroid dienone is 2. The number of methoxy groups -OCH3 is 2. The highest BCUT2D eigenvalue weighted by Crippen LogP contribution is 2.30. The molecule has 0 atom stereocenters. The molecule has 0 spiro atoms. The summed E-state index contributed by atoms with van der Waals surface area (Å²) in [6.45, 7) is 0. The fraction of sp³-hybridized carbons (Fsp3) is 0.286. The lowest BCUT2D eigenvalue weighted by molar-refractivity contribution is -0.139. The molecular weight excluding hydrogens is 360 g/mol. The smallest absolute Gasteiger partial charge is 0.355 e. The van der Waals surface area contributed by atoms with E-state index < -0.39 is 11.9 Å². The number of carbonyl (C=O) groups excluding carboxylic acids is 3. The van der Waals surface area contributed by atoms with E-state index in [0.29, 0.717) is 18.5 Å². The molecule has 0 fully saturated rings. The Balaban J connectivity index is 2.54. The molecule has 1 aromatic carbocycles. The van der Waals surface area contributed by atoms with Crippen molar-refractivity contribution in [2.45, 2.75) is 12.8 Å². The van der Waals surface area contributed by atoms with Gasteiger partial charge in [-0.3, -0.25) is 4.79 Å². The molecule has 2 rings (SSSR count). The second kappa shape index (κ2) is 9.55. The Morgan fingerprint density at radius 2 is 1.68 bits per heavy atom. The first-order chi connectivity index (χ1) is 13.4. The van der Waals surface area contributed by atoms with Gasteiger partial charge in [0, 0.05) is 32.4 Å². The number of benzene rings is 1. The number of aryl methyl sites for hydroxylation is 1.